The lowest BCUT2D eigenvalue weighted by atomic mass is 10.4. The lowest BCUT2D eigenvalue weighted by Gasteiger charge is -2.07. The highest BCUT2D eigenvalue weighted by Gasteiger charge is 1.91. The summed E-state index contributed by atoms with van der Waals surface area (Å²) in [5, 5.41) is 3.26. The van der Waals surface area contributed by atoms with Crippen LogP contribution in [0.4, 0.5) is 0 Å². The number of unbranched alkanes of at least 4 members (excludes halogenated alkanes) is 1. The van der Waals surface area contributed by atoms with E-state index in [1.807, 2.05) is 0 Å². The molecule has 0 aliphatic rings. The molecule has 5 heteroatoms. The molecule has 0 spiro atoms. The van der Waals surface area contributed by atoms with E-state index in [-0.39, 0.29) is 0 Å². The molecule has 0 saturated carbocycles. The second kappa shape index (κ2) is 16.8. The van der Waals surface area contributed by atoms with Crippen LogP contribution >= 0.6 is 0 Å². The molecule has 0 aromatic carbocycles. The standard InChI is InChI=1S/C13H29NO4/c1-3-4-7-16-8-5-14-6-9-17-12-13-18-11-10-15-2/h14H,3-13H2,1-2H3. The Morgan fingerprint density at radius 1 is 0.722 bits per heavy atom. The smallest absolute Gasteiger partial charge is 0.0701 e. The van der Waals surface area contributed by atoms with Gasteiger partial charge in [0.05, 0.1) is 39.6 Å². The van der Waals surface area contributed by atoms with Crippen molar-refractivity contribution in [3.8, 4) is 0 Å². The lowest BCUT2D eigenvalue weighted by Crippen LogP contribution is -2.24. The molecule has 0 amide bonds. The van der Waals surface area contributed by atoms with Crippen molar-refractivity contribution in [2.45, 2.75) is 19.8 Å². The molecule has 0 unspecified atom stereocenters. The molecule has 0 atom stereocenters. The van der Waals surface area contributed by atoms with E-state index < -0.39 is 0 Å². The van der Waals surface area contributed by atoms with Gasteiger partial charge in [0.15, 0.2) is 0 Å². The summed E-state index contributed by atoms with van der Waals surface area (Å²) >= 11 is 0. The van der Waals surface area contributed by atoms with E-state index in [4.69, 9.17) is 18.9 Å². The van der Waals surface area contributed by atoms with Crippen LogP contribution in [-0.4, -0.2) is 66.4 Å². The molecule has 0 saturated heterocycles. The van der Waals surface area contributed by atoms with Crippen molar-refractivity contribution < 1.29 is 18.9 Å². The van der Waals surface area contributed by atoms with E-state index in [1.165, 1.54) is 6.42 Å². The van der Waals surface area contributed by atoms with Crippen LogP contribution in [0.2, 0.25) is 0 Å². The average Bonchev–Trinajstić information content (AvgIpc) is 2.39. The Balaban J connectivity index is 2.86. The van der Waals surface area contributed by atoms with Crippen molar-refractivity contribution in [1.29, 1.82) is 0 Å². The fourth-order valence-corrected chi connectivity index (χ4v) is 1.23. The maximum Gasteiger partial charge on any atom is 0.0701 e. The zero-order valence-electron chi connectivity index (χ0n) is 11.9. The second-order valence-electron chi connectivity index (χ2n) is 3.93. The van der Waals surface area contributed by atoms with Gasteiger partial charge in [0.2, 0.25) is 0 Å². The summed E-state index contributed by atoms with van der Waals surface area (Å²) in [5.74, 6) is 0. The van der Waals surface area contributed by atoms with Crippen LogP contribution in [-0.2, 0) is 18.9 Å². The maximum absolute atomic E-state index is 5.42. The quantitative estimate of drug-likeness (QED) is 0.448. The number of rotatable bonds is 15. The van der Waals surface area contributed by atoms with E-state index in [1.54, 1.807) is 7.11 Å². The minimum absolute atomic E-state index is 0.628. The van der Waals surface area contributed by atoms with Gasteiger partial charge in [-0.15, -0.1) is 0 Å². The SMILES string of the molecule is CCCCOCCNCCOCCOCCOC. The Kier molecular flexibility index (Phi) is 16.6. The first-order valence-electron chi connectivity index (χ1n) is 6.84. The lowest BCUT2D eigenvalue weighted by molar-refractivity contribution is 0.0253. The monoisotopic (exact) mass is 263 g/mol. The van der Waals surface area contributed by atoms with E-state index >= 15 is 0 Å². The van der Waals surface area contributed by atoms with Gasteiger partial charge in [-0.3, -0.25) is 0 Å². The summed E-state index contributed by atoms with van der Waals surface area (Å²) in [6, 6.07) is 0. The van der Waals surface area contributed by atoms with Gasteiger partial charge in [0.25, 0.3) is 0 Å². The van der Waals surface area contributed by atoms with Crippen molar-refractivity contribution in [3.63, 3.8) is 0 Å². The van der Waals surface area contributed by atoms with E-state index in [0.29, 0.717) is 33.0 Å². The number of methoxy groups -OCH3 is 1. The van der Waals surface area contributed by atoms with E-state index in [9.17, 15) is 0 Å². The van der Waals surface area contributed by atoms with Crippen LogP contribution in [0.3, 0.4) is 0 Å². The molecule has 0 heterocycles. The first-order valence-corrected chi connectivity index (χ1v) is 6.84. The van der Waals surface area contributed by atoms with Crippen molar-refractivity contribution in [2.24, 2.45) is 0 Å². The minimum atomic E-state index is 0.628. The molecule has 0 fully saturated rings. The molecule has 5 nitrogen and oxygen atoms in total. The van der Waals surface area contributed by atoms with Gasteiger partial charge >= 0.3 is 0 Å². The summed E-state index contributed by atoms with van der Waals surface area (Å²) in [6.07, 6.45) is 2.33. The normalized spacial score (nSPS) is 11.0. The molecule has 0 aromatic heterocycles. The highest BCUT2D eigenvalue weighted by molar-refractivity contribution is 4.45. The molecular formula is C13H29NO4. The fraction of sp³-hybridized carbons (Fsp3) is 1.00. The Bertz CT molecular complexity index is 131. The van der Waals surface area contributed by atoms with Crippen molar-refractivity contribution in [3.05, 3.63) is 0 Å². The van der Waals surface area contributed by atoms with Crippen LogP contribution < -0.4 is 5.32 Å². The summed E-state index contributed by atoms with van der Waals surface area (Å²) in [6.45, 7) is 8.80. The molecule has 0 bridgehead atoms. The fourth-order valence-electron chi connectivity index (χ4n) is 1.23. The summed E-state index contributed by atoms with van der Waals surface area (Å²) in [5.41, 5.74) is 0. The van der Waals surface area contributed by atoms with E-state index in [2.05, 4.69) is 12.2 Å². The van der Waals surface area contributed by atoms with Crippen LogP contribution in [0.15, 0.2) is 0 Å². The van der Waals surface area contributed by atoms with Gasteiger partial charge < -0.3 is 24.3 Å². The first kappa shape index (κ1) is 17.8. The van der Waals surface area contributed by atoms with Gasteiger partial charge in [-0.1, -0.05) is 13.3 Å². The highest BCUT2D eigenvalue weighted by Crippen LogP contribution is 1.86. The topological polar surface area (TPSA) is 49.0 Å². The Hall–Kier alpha value is -0.200. The van der Waals surface area contributed by atoms with Gasteiger partial charge in [-0.2, -0.15) is 0 Å². The molecule has 18 heavy (non-hydrogen) atoms. The van der Waals surface area contributed by atoms with Crippen molar-refractivity contribution in [1.82, 2.24) is 5.32 Å². The number of hydrogen-bond donors (Lipinski definition) is 1. The molecule has 110 valence electrons. The number of hydrogen-bond acceptors (Lipinski definition) is 5. The number of ether oxygens (including phenoxy) is 4. The molecule has 0 aliphatic carbocycles. The third kappa shape index (κ3) is 15.8. The average molecular weight is 263 g/mol. The molecular weight excluding hydrogens is 234 g/mol. The van der Waals surface area contributed by atoms with Gasteiger partial charge in [0, 0.05) is 26.8 Å². The maximum atomic E-state index is 5.42. The molecule has 0 rings (SSSR count). The number of nitrogens with one attached hydrogen (secondary N) is 1. The third-order valence-corrected chi connectivity index (χ3v) is 2.29. The Morgan fingerprint density at radius 2 is 1.28 bits per heavy atom. The zero-order chi connectivity index (χ0) is 13.3. The van der Waals surface area contributed by atoms with E-state index in [0.717, 1.165) is 32.7 Å². The summed E-state index contributed by atoms with van der Waals surface area (Å²) < 4.78 is 20.9. The minimum Gasteiger partial charge on any atom is -0.382 e. The summed E-state index contributed by atoms with van der Waals surface area (Å²) in [7, 11) is 1.66. The Labute approximate surface area is 111 Å². The zero-order valence-corrected chi connectivity index (χ0v) is 11.9. The van der Waals surface area contributed by atoms with Crippen molar-refractivity contribution in [2.75, 3.05) is 66.4 Å². The van der Waals surface area contributed by atoms with Gasteiger partial charge in [-0.25, -0.2) is 0 Å². The predicted molar refractivity (Wildman–Crippen MR) is 72.1 cm³/mol. The van der Waals surface area contributed by atoms with Crippen LogP contribution in [0.25, 0.3) is 0 Å². The predicted octanol–water partition coefficient (Wildman–Crippen LogP) is 1.07. The van der Waals surface area contributed by atoms with Crippen molar-refractivity contribution >= 4 is 0 Å². The largest absolute Gasteiger partial charge is 0.382 e. The second-order valence-corrected chi connectivity index (χ2v) is 3.93. The Morgan fingerprint density at radius 3 is 1.89 bits per heavy atom. The van der Waals surface area contributed by atoms with Crippen LogP contribution in [0, 0.1) is 0 Å². The highest BCUT2D eigenvalue weighted by atomic mass is 16.5. The summed E-state index contributed by atoms with van der Waals surface area (Å²) in [4.78, 5) is 0. The molecule has 0 radical (unpaired) electrons. The molecule has 0 aromatic rings. The van der Waals surface area contributed by atoms with Gasteiger partial charge in [0.1, 0.15) is 0 Å². The first-order chi connectivity index (χ1) is 8.91. The molecule has 0 aliphatic heterocycles. The van der Waals surface area contributed by atoms with Gasteiger partial charge in [-0.05, 0) is 6.42 Å². The third-order valence-electron chi connectivity index (χ3n) is 2.29. The van der Waals surface area contributed by atoms with Crippen LogP contribution in [0.5, 0.6) is 0 Å². The van der Waals surface area contributed by atoms with Crippen LogP contribution in [0.1, 0.15) is 19.8 Å². The molecule has 1 N–H and O–H groups in total.